The van der Waals surface area contributed by atoms with Gasteiger partial charge in [-0.2, -0.15) is 5.10 Å². The quantitative estimate of drug-likeness (QED) is 0.316. The van der Waals surface area contributed by atoms with E-state index >= 15 is 0 Å². The van der Waals surface area contributed by atoms with Crippen LogP contribution in [0.3, 0.4) is 0 Å². The number of rotatable bonds is 6. The largest absolute Gasteiger partial charge is 0.382 e. The molecule has 36 heavy (non-hydrogen) atoms. The predicted molar refractivity (Wildman–Crippen MR) is 134 cm³/mol. The number of hydrogen-bond acceptors (Lipinski definition) is 6. The van der Waals surface area contributed by atoms with E-state index < -0.39 is 11.6 Å². The van der Waals surface area contributed by atoms with Crippen molar-refractivity contribution in [2.24, 2.45) is 0 Å². The Labute approximate surface area is 205 Å². The number of carbonyl (C=O) groups is 1. The number of anilines is 3. The fourth-order valence-corrected chi connectivity index (χ4v) is 4.35. The first-order valence-electron chi connectivity index (χ1n) is 11.4. The lowest BCUT2D eigenvalue weighted by molar-refractivity contribution is 0.0717. The second kappa shape index (κ2) is 8.91. The molecule has 0 atom stereocenters. The summed E-state index contributed by atoms with van der Waals surface area (Å²) in [7, 11) is 0. The average molecular weight is 491 g/mol. The van der Waals surface area contributed by atoms with Crippen molar-refractivity contribution in [3.05, 3.63) is 66.1 Å². The molecule has 0 aliphatic carbocycles. The standard InChI is InChI=1S/C25H24F2N8O/c1-4-34(13(2)3)24(36)17-11-35-22(23(28)29-12-30-35)20(17)14-5-7-16(8-6-14)31-25-32-19-10-15(26)9-18(27)21(19)33-25/h5-13H,4H2,1-3H3,(H2,28,29,30)(H2,31,32,33). The molecule has 0 aliphatic rings. The minimum absolute atomic E-state index is 0.00971. The minimum atomic E-state index is -0.746. The molecule has 5 rings (SSSR count). The molecule has 5 aromatic rings. The number of nitrogens with zero attached hydrogens (tertiary/aromatic N) is 5. The summed E-state index contributed by atoms with van der Waals surface area (Å²) in [4.78, 5) is 26.4. The summed E-state index contributed by atoms with van der Waals surface area (Å²) >= 11 is 0. The number of hydrogen-bond donors (Lipinski definition) is 3. The smallest absolute Gasteiger partial charge is 0.256 e. The lowest BCUT2D eigenvalue weighted by atomic mass is 10.0. The third kappa shape index (κ3) is 3.98. The van der Waals surface area contributed by atoms with Crippen LogP contribution in [0.1, 0.15) is 31.1 Å². The van der Waals surface area contributed by atoms with Gasteiger partial charge in [-0.25, -0.2) is 23.3 Å². The zero-order valence-corrected chi connectivity index (χ0v) is 19.9. The molecule has 0 saturated heterocycles. The molecule has 0 unspecified atom stereocenters. The Bertz CT molecular complexity index is 1590. The molecule has 0 fully saturated rings. The van der Waals surface area contributed by atoms with Crippen molar-refractivity contribution in [1.82, 2.24) is 29.5 Å². The third-order valence-electron chi connectivity index (χ3n) is 6.00. The van der Waals surface area contributed by atoms with Crippen LogP contribution in [0.5, 0.6) is 0 Å². The molecule has 9 nitrogen and oxygen atoms in total. The van der Waals surface area contributed by atoms with Gasteiger partial charge in [-0.3, -0.25) is 4.79 Å². The molecule has 0 aliphatic heterocycles. The summed E-state index contributed by atoms with van der Waals surface area (Å²) in [5, 5.41) is 7.30. The van der Waals surface area contributed by atoms with E-state index in [1.54, 1.807) is 27.7 Å². The van der Waals surface area contributed by atoms with Crippen molar-refractivity contribution in [1.29, 1.82) is 0 Å². The Morgan fingerprint density at radius 3 is 2.67 bits per heavy atom. The van der Waals surface area contributed by atoms with E-state index in [1.165, 1.54) is 12.4 Å². The Hall–Kier alpha value is -4.54. The van der Waals surface area contributed by atoms with E-state index in [0.717, 1.165) is 11.6 Å². The van der Waals surface area contributed by atoms with E-state index in [2.05, 4.69) is 25.4 Å². The Balaban J connectivity index is 1.53. The van der Waals surface area contributed by atoms with Gasteiger partial charge in [0.2, 0.25) is 5.95 Å². The number of nitrogens with two attached hydrogens (primary N) is 1. The fraction of sp³-hybridized carbons (Fsp3) is 0.200. The van der Waals surface area contributed by atoms with Crippen molar-refractivity contribution < 1.29 is 13.6 Å². The van der Waals surface area contributed by atoms with Crippen molar-refractivity contribution in [2.75, 3.05) is 17.6 Å². The summed E-state index contributed by atoms with van der Waals surface area (Å²) in [5.41, 5.74) is 9.50. The van der Waals surface area contributed by atoms with Crippen LogP contribution < -0.4 is 11.1 Å². The number of nitrogens with one attached hydrogen (secondary N) is 2. The number of carbonyl (C=O) groups excluding carboxylic acids is 1. The van der Waals surface area contributed by atoms with Gasteiger partial charge in [0.25, 0.3) is 5.91 Å². The lowest BCUT2D eigenvalue weighted by Crippen LogP contribution is -2.36. The molecular formula is C25H24F2N8O. The second-order valence-electron chi connectivity index (χ2n) is 8.61. The number of aromatic nitrogens is 5. The number of imidazole rings is 1. The van der Waals surface area contributed by atoms with Crippen molar-refractivity contribution in [3.63, 3.8) is 0 Å². The maximum atomic E-state index is 14.0. The molecule has 0 radical (unpaired) electrons. The van der Waals surface area contributed by atoms with Crippen LogP contribution in [0.25, 0.3) is 27.7 Å². The van der Waals surface area contributed by atoms with Gasteiger partial charge in [0.1, 0.15) is 23.2 Å². The van der Waals surface area contributed by atoms with Crippen molar-refractivity contribution in [3.8, 4) is 11.1 Å². The van der Waals surface area contributed by atoms with Crippen LogP contribution >= 0.6 is 0 Å². The summed E-state index contributed by atoms with van der Waals surface area (Å²) in [6.45, 7) is 6.40. The maximum Gasteiger partial charge on any atom is 0.256 e. The van der Waals surface area contributed by atoms with Crippen LogP contribution in [-0.2, 0) is 0 Å². The monoisotopic (exact) mass is 490 g/mol. The normalized spacial score (nSPS) is 11.5. The number of aromatic amines is 1. The zero-order chi connectivity index (χ0) is 25.6. The number of halogens is 2. The molecule has 0 spiro atoms. The predicted octanol–water partition coefficient (Wildman–Crippen LogP) is 4.75. The average Bonchev–Trinajstić information content (AvgIpc) is 3.42. The Morgan fingerprint density at radius 1 is 1.22 bits per heavy atom. The van der Waals surface area contributed by atoms with Gasteiger partial charge >= 0.3 is 0 Å². The van der Waals surface area contributed by atoms with Gasteiger partial charge in [-0.05, 0) is 44.5 Å². The molecule has 2 aromatic carbocycles. The van der Waals surface area contributed by atoms with Gasteiger partial charge < -0.3 is 20.9 Å². The van der Waals surface area contributed by atoms with Gasteiger partial charge in [0.15, 0.2) is 11.6 Å². The van der Waals surface area contributed by atoms with E-state index in [4.69, 9.17) is 5.73 Å². The summed E-state index contributed by atoms with van der Waals surface area (Å²) in [5.74, 6) is -1.05. The van der Waals surface area contributed by atoms with Crippen molar-refractivity contribution >= 4 is 39.9 Å². The highest BCUT2D eigenvalue weighted by Crippen LogP contribution is 2.34. The van der Waals surface area contributed by atoms with Crippen LogP contribution in [-0.4, -0.2) is 48.0 Å². The minimum Gasteiger partial charge on any atom is -0.382 e. The topological polar surface area (TPSA) is 117 Å². The first kappa shape index (κ1) is 23.2. The number of benzene rings is 2. The molecule has 1 amide bonds. The summed E-state index contributed by atoms with van der Waals surface area (Å²) in [6.07, 6.45) is 3.01. The Morgan fingerprint density at radius 2 is 1.97 bits per heavy atom. The van der Waals surface area contributed by atoms with Crippen molar-refractivity contribution in [2.45, 2.75) is 26.8 Å². The SMILES string of the molecule is CCN(C(=O)c1cn2ncnc(N)c2c1-c1ccc(Nc2nc3c(F)cc(F)cc3[nH]2)cc1)C(C)C. The molecule has 0 saturated carbocycles. The van der Waals surface area contributed by atoms with Crippen LogP contribution in [0.4, 0.5) is 26.2 Å². The number of amides is 1. The van der Waals surface area contributed by atoms with Crippen LogP contribution in [0.2, 0.25) is 0 Å². The highest BCUT2D eigenvalue weighted by molar-refractivity contribution is 6.07. The first-order chi connectivity index (χ1) is 17.3. The van der Waals surface area contributed by atoms with E-state index in [-0.39, 0.29) is 34.7 Å². The highest BCUT2D eigenvalue weighted by atomic mass is 19.1. The summed E-state index contributed by atoms with van der Waals surface area (Å²) in [6, 6.07) is 9.21. The second-order valence-corrected chi connectivity index (χ2v) is 8.61. The van der Waals surface area contributed by atoms with E-state index in [0.29, 0.717) is 28.9 Å². The molecule has 0 bridgehead atoms. The number of H-pyrrole nitrogens is 1. The zero-order valence-electron chi connectivity index (χ0n) is 19.9. The lowest BCUT2D eigenvalue weighted by Gasteiger charge is -2.25. The highest BCUT2D eigenvalue weighted by Gasteiger charge is 2.26. The number of nitrogen functional groups attached to an aromatic ring is 1. The summed E-state index contributed by atoms with van der Waals surface area (Å²) < 4.78 is 29.1. The third-order valence-corrected chi connectivity index (χ3v) is 6.00. The molecule has 4 N–H and O–H groups in total. The Kier molecular flexibility index (Phi) is 5.75. The number of fused-ring (bicyclic) bond motifs is 2. The van der Waals surface area contributed by atoms with E-state index in [1.807, 2.05) is 32.9 Å². The van der Waals surface area contributed by atoms with Crippen LogP contribution in [0, 0.1) is 11.6 Å². The van der Waals surface area contributed by atoms with Gasteiger partial charge in [0.05, 0.1) is 11.1 Å². The molecule has 184 valence electrons. The molecular weight excluding hydrogens is 466 g/mol. The maximum absolute atomic E-state index is 14.0. The molecule has 3 aromatic heterocycles. The van der Waals surface area contributed by atoms with Crippen LogP contribution in [0.15, 0.2) is 48.9 Å². The fourth-order valence-electron chi connectivity index (χ4n) is 4.35. The molecule has 3 heterocycles. The molecule has 11 heteroatoms. The van der Waals surface area contributed by atoms with E-state index in [9.17, 15) is 13.6 Å². The first-order valence-corrected chi connectivity index (χ1v) is 11.4. The van der Waals surface area contributed by atoms with Gasteiger partial charge in [-0.1, -0.05) is 12.1 Å². The van der Waals surface area contributed by atoms with Gasteiger partial charge in [0, 0.05) is 36.1 Å². The van der Waals surface area contributed by atoms with Gasteiger partial charge in [-0.15, -0.1) is 0 Å².